The minimum absolute atomic E-state index is 0.124. The first-order chi connectivity index (χ1) is 17.8. The van der Waals surface area contributed by atoms with Crippen molar-refractivity contribution in [3.05, 3.63) is 84.7 Å². The second-order valence-electron chi connectivity index (χ2n) is 8.63. The highest BCUT2D eigenvalue weighted by Gasteiger charge is 2.34. The number of nitrogens with zero attached hydrogens (tertiary/aromatic N) is 4. The number of hydrogen-bond donors (Lipinski definition) is 3. The van der Waals surface area contributed by atoms with E-state index in [1.807, 2.05) is 24.3 Å². The predicted octanol–water partition coefficient (Wildman–Crippen LogP) is 5.95. The molecule has 1 saturated heterocycles. The molecule has 37 heavy (non-hydrogen) atoms. The highest BCUT2D eigenvalue weighted by molar-refractivity contribution is 9.11. The van der Waals surface area contributed by atoms with E-state index in [9.17, 15) is 15.3 Å². The Morgan fingerprint density at radius 3 is 1.59 bits per heavy atom. The molecule has 0 aromatic heterocycles. The maximum atomic E-state index is 10.7. The molecule has 0 bridgehead atoms. The van der Waals surface area contributed by atoms with E-state index in [0.717, 1.165) is 32.1 Å². The Balaban J connectivity index is 1.45. The third kappa shape index (κ3) is 7.42. The van der Waals surface area contributed by atoms with Crippen molar-refractivity contribution in [2.24, 2.45) is 9.98 Å². The molecule has 3 aromatic rings. The van der Waals surface area contributed by atoms with Gasteiger partial charge in [-0.3, -0.25) is 19.8 Å². The van der Waals surface area contributed by atoms with E-state index in [1.54, 1.807) is 42.8 Å². The van der Waals surface area contributed by atoms with E-state index >= 15 is 0 Å². The summed E-state index contributed by atoms with van der Waals surface area (Å²) < 4.78 is 2.66. The van der Waals surface area contributed by atoms with Crippen LogP contribution in [0.4, 0.5) is 0 Å². The van der Waals surface area contributed by atoms with Gasteiger partial charge < -0.3 is 15.3 Å². The lowest BCUT2D eigenvalue weighted by Gasteiger charge is -2.30. The highest BCUT2D eigenvalue weighted by atomic mass is 79.9. The first-order valence-electron chi connectivity index (χ1n) is 11.7. The van der Waals surface area contributed by atoms with Crippen LogP contribution in [-0.4, -0.2) is 76.8 Å². The lowest BCUT2D eigenvalue weighted by Crippen LogP contribution is -2.34. The Labute approximate surface area is 241 Å². The lowest BCUT2D eigenvalue weighted by atomic mass is 10.1. The van der Waals surface area contributed by atoms with Gasteiger partial charge in [-0.1, -0.05) is 47.8 Å². The van der Waals surface area contributed by atoms with Crippen LogP contribution in [0, 0.1) is 0 Å². The third-order valence-electron chi connectivity index (χ3n) is 6.11. The number of phenolic OH excluding ortho intramolecular Hbond substituents is 3. The molecule has 0 atom stereocenters. The predicted molar refractivity (Wildman–Crippen MR) is 158 cm³/mol. The summed E-state index contributed by atoms with van der Waals surface area (Å²) >= 11 is 10.4. The smallest absolute Gasteiger partial charge is 0.124 e. The molecule has 10 heteroatoms. The van der Waals surface area contributed by atoms with Gasteiger partial charge in [-0.2, -0.15) is 0 Å². The molecule has 1 heterocycles. The van der Waals surface area contributed by atoms with Crippen molar-refractivity contribution in [2.45, 2.75) is 6.17 Å². The van der Waals surface area contributed by atoms with Crippen LogP contribution in [0.5, 0.6) is 17.2 Å². The van der Waals surface area contributed by atoms with Gasteiger partial charge in [-0.05, 0) is 54.6 Å². The van der Waals surface area contributed by atoms with Crippen LogP contribution < -0.4 is 0 Å². The minimum atomic E-state index is -0.124. The summed E-state index contributed by atoms with van der Waals surface area (Å²) in [7, 11) is 0. The van der Waals surface area contributed by atoms with Gasteiger partial charge in [0.1, 0.15) is 17.2 Å². The van der Waals surface area contributed by atoms with Crippen LogP contribution in [0.2, 0.25) is 0 Å². The van der Waals surface area contributed by atoms with Gasteiger partial charge in [0.15, 0.2) is 0 Å². The topological polar surface area (TPSA) is 91.9 Å². The number of halogens is 3. The van der Waals surface area contributed by atoms with Crippen LogP contribution in [0.1, 0.15) is 22.9 Å². The van der Waals surface area contributed by atoms with Crippen LogP contribution >= 0.6 is 47.8 Å². The SMILES string of the molecule is Oc1ccc(Br)cc1C=NCCN1CCN(CCN=Cc2cc(Br)ccc2O)C1c1cc(Br)ccc1O. The average Bonchev–Trinajstić information content (AvgIpc) is 3.27. The summed E-state index contributed by atoms with van der Waals surface area (Å²) in [4.78, 5) is 13.7. The van der Waals surface area contributed by atoms with Crippen molar-refractivity contribution in [2.75, 3.05) is 39.3 Å². The Kier molecular flexibility index (Phi) is 9.77. The second kappa shape index (κ2) is 13.0. The summed E-state index contributed by atoms with van der Waals surface area (Å²) in [5, 5.41) is 30.8. The fourth-order valence-electron chi connectivity index (χ4n) is 4.28. The zero-order valence-electron chi connectivity index (χ0n) is 19.9. The van der Waals surface area contributed by atoms with E-state index in [0.29, 0.717) is 37.3 Å². The molecule has 0 amide bonds. The number of aliphatic imine (C=N–C) groups is 2. The van der Waals surface area contributed by atoms with Gasteiger partial charge in [0.25, 0.3) is 0 Å². The maximum Gasteiger partial charge on any atom is 0.124 e. The summed E-state index contributed by atoms with van der Waals surface area (Å²) in [6, 6.07) is 16.0. The molecule has 1 fully saturated rings. The summed E-state index contributed by atoms with van der Waals surface area (Å²) in [6.45, 7) is 4.12. The van der Waals surface area contributed by atoms with Crippen LogP contribution in [0.3, 0.4) is 0 Å². The number of hydrogen-bond acceptors (Lipinski definition) is 7. The second-order valence-corrected chi connectivity index (χ2v) is 11.4. The van der Waals surface area contributed by atoms with Crippen LogP contribution in [0.25, 0.3) is 0 Å². The fraction of sp³-hybridized carbons (Fsp3) is 0.259. The van der Waals surface area contributed by atoms with Gasteiger partial charge >= 0.3 is 0 Å². The van der Waals surface area contributed by atoms with Crippen LogP contribution in [0.15, 0.2) is 78.0 Å². The lowest BCUT2D eigenvalue weighted by molar-refractivity contribution is 0.140. The van der Waals surface area contributed by atoms with Crippen molar-refractivity contribution < 1.29 is 15.3 Å². The molecule has 0 saturated carbocycles. The van der Waals surface area contributed by atoms with Gasteiger partial charge in [0, 0.05) is 68.7 Å². The first kappa shape index (κ1) is 27.8. The molecular formula is C27H27Br3N4O3. The fourth-order valence-corrected chi connectivity index (χ4v) is 5.42. The van der Waals surface area contributed by atoms with Gasteiger partial charge in [-0.25, -0.2) is 0 Å². The van der Waals surface area contributed by atoms with Crippen molar-refractivity contribution in [3.8, 4) is 17.2 Å². The van der Waals surface area contributed by atoms with Gasteiger partial charge in [0.05, 0.1) is 19.3 Å². The van der Waals surface area contributed by atoms with E-state index < -0.39 is 0 Å². The third-order valence-corrected chi connectivity index (χ3v) is 7.59. The molecule has 7 nitrogen and oxygen atoms in total. The Hall–Kier alpha value is -2.24. The molecule has 4 rings (SSSR count). The van der Waals surface area contributed by atoms with E-state index in [-0.39, 0.29) is 23.4 Å². The first-order valence-corrected chi connectivity index (χ1v) is 14.1. The van der Waals surface area contributed by atoms with Crippen molar-refractivity contribution in [1.29, 1.82) is 0 Å². The number of aromatic hydroxyl groups is 3. The molecular weight excluding hydrogens is 668 g/mol. The van der Waals surface area contributed by atoms with Gasteiger partial charge in [-0.15, -0.1) is 0 Å². The molecule has 194 valence electrons. The Morgan fingerprint density at radius 2 is 1.11 bits per heavy atom. The molecule has 0 unspecified atom stereocenters. The summed E-state index contributed by atoms with van der Waals surface area (Å²) in [5.41, 5.74) is 2.15. The van der Waals surface area contributed by atoms with Crippen molar-refractivity contribution >= 4 is 60.2 Å². The van der Waals surface area contributed by atoms with Crippen molar-refractivity contribution in [3.63, 3.8) is 0 Å². The van der Waals surface area contributed by atoms with Crippen LogP contribution in [-0.2, 0) is 0 Å². The van der Waals surface area contributed by atoms with E-state index in [4.69, 9.17) is 0 Å². The molecule has 0 aliphatic carbocycles. The maximum absolute atomic E-state index is 10.7. The number of phenols is 3. The molecule has 3 aromatic carbocycles. The summed E-state index contributed by atoms with van der Waals surface area (Å²) in [5.74, 6) is 0.621. The number of benzene rings is 3. The standard InChI is InChI=1S/C27H27Br3N4O3/c28-20-1-4-24(35)18(13-20)16-31-7-9-33-11-12-34(27(33)23-15-22(30)3-6-26(23)37)10-8-32-17-19-14-21(29)2-5-25(19)36/h1-6,13-17,27,35-37H,7-12H2. The highest BCUT2D eigenvalue weighted by Crippen LogP contribution is 2.36. The quantitative estimate of drug-likeness (QED) is 0.241. The molecule has 0 radical (unpaired) electrons. The van der Waals surface area contributed by atoms with Gasteiger partial charge in [0.2, 0.25) is 0 Å². The Morgan fingerprint density at radius 1 is 0.676 bits per heavy atom. The largest absolute Gasteiger partial charge is 0.508 e. The minimum Gasteiger partial charge on any atom is -0.508 e. The normalized spacial score (nSPS) is 16.9. The monoisotopic (exact) mass is 692 g/mol. The molecule has 1 aliphatic rings. The molecule has 1 aliphatic heterocycles. The molecule has 3 N–H and O–H groups in total. The van der Waals surface area contributed by atoms with E-state index in [1.165, 1.54) is 0 Å². The van der Waals surface area contributed by atoms with E-state index in [2.05, 4.69) is 67.6 Å². The number of rotatable bonds is 9. The zero-order chi connectivity index (χ0) is 26.4. The zero-order valence-corrected chi connectivity index (χ0v) is 24.7. The average molecular weight is 695 g/mol. The van der Waals surface area contributed by atoms with Crippen molar-refractivity contribution in [1.82, 2.24) is 9.80 Å². The summed E-state index contributed by atoms with van der Waals surface area (Å²) in [6.07, 6.45) is 3.25. The Bertz CT molecular complexity index is 1230. The molecule has 0 spiro atoms.